The van der Waals surface area contributed by atoms with Crippen LogP contribution in [0.1, 0.15) is 71.1 Å². The molecule has 1 unspecified atom stereocenters. The number of hydrogen-bond donors (Lipinski definition) is 2. The lowest BCUT2D eigenvalue weighted by atomic mass is 9.95. The molecule has 0 rings (SSSR count). The van der Waals surface area contributed by atoms with E-state index in [2.05, 4.69) is 16.7 Å². The molecule has 0 radical (unpaired) electrons. The van der Waals surface area contributed by atoms with Crippen molar-refractivity contribution < 1.29 is 29.9 Å². The fraction of sp³-hybridized carbons (Fsp3) is 0.857. The van der Waals surface area contributed by atoms with Gasteiger partial charge in [0.05, 0.1) is 5.92 Å². The molecule has 0 aliphatic carbocycles. The third-order valence-corrected chi connectivity index (χ3v) is 3.36. The maximum atomic E-state index is 11.4. The van der Waals surface area contributed by atoms with E-state index in [1.165, 1.54) is 19.3 Å². The second-order valence-corrected chi connectivity index (χ2v) is 5.02. The molecule has 6 heteroatoms. The average molecular weight is 290 g/mol. The summed E-state index contributed by atoms with van der Waals surface area (Å²) in [5, 5.41) is 16.6. The molecule has 20 heavy (non-hydrogen) atoms. The van der Waals surface area contributed by atoms with Crippen molar-refractivity contribution in [3.05, 3.63) is 0 Å². The van der Waals surface area contributed by atoms with Crippen LogP contribution in [-0.2, 0) is 19.4 Å². The molecule has 2 N–H and O–H groups in total. The van der Waals surface area contributed by atoms with Gasteiger partial charge in [0.1, 0.15) is 0 Å². The molecule has 0 aliphatic heterocycles. The molecular formula is C14H26O6. The zero-order valence-corrected chi connectivity index (χ0v) is 12.2. The molecule has 6 nitrogen and oxygen atoms in total. The maximum absolute atomic E-state index is 11.4. The minimum atomic E-state index is -0.722. The molecule has 0 amide bonds. The van der Waals surface area contributed by atoms with Gasteiger partial charge in [-0.25, -0.2) is 9.59 Å². The van der Waals surface area contributed by atoms with Crippen molar-refractivity contribution in [3.63, 3.8) is 0 Å². The van der Waals surface area contributed by atoms with Crippen LogP contribution >= 0.6 is 0 Å². The molecular weight excluding hydrogens is 264 g/mol. The van der Waals surface area contributed by atoms with Crippen LogP contribution in [-0.4, -0.2) is 22.5 Å². The summed E-state index contributed by atoms with van der Waals surface area (Å²) in [5.41, 5.74) is 0. The quantitative estimate of drug-likeness (QED) is 0.324. The van der Waals surface area contributed by atoms with Crippen molar-refractivity contribution in [2.45, 2.75) is 71.1 Å². The van der Waals surface area contributed by atoms with E-state index in [1.54, 1.807) is 0 Å². The van der Waals surface area contributed by atoms with Crippen molar-refractivity contribution in [3.8, 4) is 0 Å². The van der Waals surface area contributed by atoms with E-state index in [1.807, 2.05) is 0 Å². The Kier molecular flexibility index (Phi) is 12.1. The summed E-state index contributed by atoms with van der Waals surface area (Å²) >= 11 is 0. The molecule has 0 aromatic carbocycles. The van der Waals surface area contributed by atoms with Gasteiger partial charge in [0.25, 0.3) is 0 Å². The van der Waals surface area contributed by atoms with Crippen molar-refractivity contribution in [2.24, 2.45) is 5.92 Å². The number of unbranched alkanes of at least 4 members (excludes halogenated alkanes) is 5. The number of hydrogen-bond acceptors (Lipinski definition) is 6. The Balaban J connectivity index is 3.85. The summed E-state index contributed by atoms with van der Waals surface area (Å²) in [5.74, 6) is -1.78. The average Bonchev–Trinajstić information content (AvgIpc) is 2.47. The van der Waals surface area contributed by atoms with Crippen LogP contribution in [0.15, 0.2) is 0 Å². The van der Waals surface area contributed by atoms with Crippen LogP contribution in [0.2, 0.25) is 0 Å². The second kappa shape index (κ2) is 12.9. The molecule has 0 saturated carbocycles. The van der Waals surface area contributed by atoms with Gasteiger partial charge in [-0.05, 0) is 19.3 Å². The van der Waals surface area contributed by atoms with Gasteiger partial charge in [-0.2, -0.15) is 10.5 Å². The Bertz CT molecular complexity index is 266. The molecule has 0 aliphatic rings. The Morgan fingerprint density at radius 1 is 0.900 bits per heavy atom. The Labute approximate surface area is 119 Å². The summed E-state index contributed by atoms with van der Waals surface area (Å²) in [6, 6.07) is 0. The van der Waals surface area contributed by atoms with E-state index in [9.17, 15) is 9.59 Å². The molecule has 0 saturated heterocycles. The lowest BCUT2D eigenvalue weighted by molar-refractivity contribution is -0.240. The van der Waals surface area contributed by atoms with E-state index in [0.717, 1.165) is 19.3 Å². The van der Waals surface area contributed by atoms with Crippen molar-refractivity contribution in [1.29, 1.82) is 0 Å². The molecule has 0 heterocycles. The largest absolute Gasteiger partial charge is 0.345 e. The van der Waals surface area contributed by atoms with E-state index in [4.69, 9.17) is 10.5 Å². The summed E-state index contributed by atoms with van der Waals surface area (Å²) in [6.45, 7) is 2.16. The van der Waals surface area contributed by atoms with E-state index >= 15 is 0 Å². The third kappa shape index (κ3) is 9.75. The van der Waals surface area contributed by atoms with Gasteiger partial charge >= 0.3 is 11.9 Å². The first kappa shape index (κ1) is 18.9. The Morgan fingerprint density at radius 2 is 1.50 bits per heavy atom. The van der Waals surface area contributed by atoms with Gasteiger partial charge in [-0.1, -0.05) is 45.4 Å². The molecule has 0 bridgehead atoms. The summed E-state index contributed by atoms with van der Waals surface area (Å²) in [6.07, 6.45) is 8.24. The van der Waals surface area contributed by atoms with Gasteiger partial charge in [0, 0.05) is 6.42 Å². The minimum absolute atomic E-state index is 0.0439. The SMILES string of the molecule is CCCCCCCCC(CCCC(=O)OO)C(=O)OO. The number of rotatable bonds is 12. The summed E-state index contributed by atoms with van der Waals surface area (Å²) in [4.78, 5) is 29.5. The topological polar surface area (TPSA) is 93.1 Å². The molecule has 1 atom stereocenters. The predicted molar refractivity (Wildman–Crippen MR) is 72.8 cm³/mol. The van der Waals surface area contributed by atoms with Crippen LogP contribution in [0, 0.1) is 5.92 Å². The molecule has 0 spiro atoms. The lowest BCUT2D eigenvalue weighted by Crippen LogP contribution is -2.17. The molecule has 0 aromatic heterocycles. The predicted octanol–water partition coefficient (Wildman–Crippen LogP) is 3.56. The van der Waals surface area contributed by atoms with Crippen molar-refractivity contribution in [1.82, 2.24) is 0 Å². The van der Waals surface area contributed by atoms with Gasteiger partial charge < -0.3 is 9.78 Å². The zero-order chi connectivity index (χ0) is 15.2. The van der Waals surface area contributed by atoms with Gasteiger partial charge in [-0.3, -0.25) is 0 Å². The van der Waals surface area contributed by atoms with Crippen LogP contribution in [0.3, 0.4) is 0 Å². The van der Waals surface area contributed by atoms with Gasteiger partial charge in [-0.15, -0.1) is 0 Å². The van der Waals surface area contributed by atoms with E-state index in [0.29, 0.717) is 19.3 Å². The molecule has 118 valence electrons. The van der Waals surface area contributed by atoms with Gasteiger partial charge in [0.2, 0.25) is 0 Å². The first-order chi connectivity index (χ1) is 9.65. The number of carbonyl (C=O) groups excluding carboxylic acids is 2. The first-order valence-electron chi connectivity index (χ1n) is 7.35. The van der Waals surface area contributed by atoms with Crippen LogP contribution in [0.4, 0.5) is 0 Å². The highest BCUT2D eigenvalue weighted by Gasteiger charge is 2.20. The molecule has 0 fully saturated rings. The molecule has 0 aromatic rings. The summed E-state index contributed by atoms with van der Waals surface area (Å²) in [7, 11) is 0. The van der Waals surface area contributed by atoms with Crippen LogP contribution in [0.25, 0.3) is 0 Å². The highest BCUT2D eigenvalue weighted by Crippen LogP contribution is 2.19. The highest BCUT2D eigenvalue weighted by atomic mass is 17.1. The van der Waals surface area contributed by atoms with Crippen LogP contribution < -0.4 is 0 Å². The van der Waals surface area contributed by atoms with E-state index in [-0.39, 0.29) is 6.42 Å². The zero-order valence-electron chi connectivity index (χ0n) is 12.2. The minimum Gasteiger partial charge on any atom is -0.301 e. The van der Waals surface area contributed by atoms with Crippen molar-refractivity contribution in [2.75, 3.05) is 0 Å². The van der Waals surface area contributed by atoms with Crippen LogP contribution in [0.5, 0.6) is 0 Å². The Morgan fingerprint density at radius 3 is 2.10 bits per heavy atom. The van der Waals surface area contributed by atoms with E-state index < -0.39 is 17.9 Å². The Hall–Kier alpha value is -1.14. The standard InChI is InChI=1S/C14H26O6/c1-2-3-4-5-6-7-9-12(14(16)20-18)10-8-11-13(15)19-17/h12,17-18H,2-11H2,1H3. The summed E-state index contributed by atoms with van der Waals surface area (Å²) < 4.78 is 0. The fourth-order valence-electron chi connectivity index (χ4n) is 2.16. The number of carbonyl (C=O) groups is 2. The van der Waals surface area contributed by atoms with Gasteiger partial charge in [0.15, 0.2) is 0 Å². The normalized spacial score (nSPS) is 11.9. The second-order valence-electron chi connectivity index (χ2n) is 5.02. The first-order valence-corrected chi connectivity index (χ1v) is 7.35. The lowest BCUT2D eigenvalue weighted by Gasteiger charge is -2.12. The third-order valence-electron chi connectivity index (χ3n) is 3.36. The fourth-order valence-corrected chi connectivity index (χ4v) is 2.16. The highest BCUT2D eigenvalue weighted by molar-refractivity contribution is 5.72. The van der Waals surface area contributed by atoms with Crippen molar-refractivity contribution >= 4 is 11.9 Å². The maximum Gasteiger partial charge on any atom is 0.345 e. The monoisotopic (exact) mass is 290 g/mol. The smallest absolute Gasteiger partial charge is 0.301 e.